The van der Waals surface area contributed by atoms with Gasteiger partial charge in [-0.15, -0.1) is 0 Å². The molecule has 2 aromatic rings. The van der Waals surface area contributed by atoms with E-state index in [9.17, 15) is 14.0 Å². The van der Waals surface area contributed by atoms with Crippen molar-refractivity contribution in [2.24, 2.45) is 0 Å². The van der Waals surface area contributed by atoms with Crippen LogP contribution < -0.4 is 10.2 Å². The number of rotatable bonds is 2. The van der Waals surface area contributed by atoms with Crippen LogP contribution in [0.1, 0.15) is 30.2 Å². The number of nitrogens with zero attached hydrogens (tertiary/aromatic N) is 1. The third-order valence-corrected chi connectivity index (χ3v) is 3.87. The first-order valence-electron chi connectivity index (χ1n) is 6.82. The molecule has 0 radical (unpaired) electrons. The van der Waals surface area contributed by atoms with Crippen molar-refractivity contribution in [3.63, 3.8) is 0 Å². The fourth-order valence-electron chi connectivity index (χ4n) is 2.62. The lowest BCUT2D eigenvalue weighted by Gasteiger charge is -2.14. The molecule has 0 saturated heterocycles. The first kappa shape index (κ1) is 14.8. The molecule has 2 heterocycles. The first-order chi connectivity index (χ1) is 10.5. The van der Waals surface area contributed by atoms with Gasteiger partial charge in [-0.05, 0) is 26.0 Å². The summed E-state index contributed by atoms with van der Waals surface area (Å²) in [5, 5.41) is -0.0179. The molecule has 116 valence electrons. The van der Waals surface area contributed by atoms with Gasteiger partial charge in [-0.1, -0.05) is 11.6 Å². The molecule has 1 aliphatic heterocycles. The van der Waals surface area contributed by atoms with E-state index in [0.717, 1.165) is 6.07 Å². The Balaban J connectivity index is 2.44. The largest absolute Gasteiger partial charge is 0.476 e. The van der Waals surface area contributed by atoms with Gasteiger partial charge in [0.1, 0.15) is 12.4 Å². The maximum absolute atomic E-state index is 13.7. The molecular formula is C15H13ClFNO4. The number of halogens is 2. The van der Waals surface area contributed by atoms with Crippen molar-refractivity contribution in [1.29, 1.82) is 0 Å². The quantitative estimate of drug-likeness (QED) is 0.797. The number of esters is 1. The van der Waals surface area contributed by atoms with Crippen LogP contribution in [0, 0.1) is 5.82 Å². The third-order valence-electron chi connectivity index (χ3n) is 3.58. The van der Waals surface area contributed by atoms with E-state index in [2.05, 4.69) is 0 Å². The summed E-state index contributed by atoms with van der Waals surface area (Å²) >= 11 is 5.82. The van der Waals surface area contributed by atoms with Crippen LogP contribution in [0.5, 0.6) is 5.88 Å². The molecule has 5 nitrogen and oxygen atoms in total. The second-order valence-corrected chi connectivity index (χ2v) is 5.45. The summed E-state index contributed by atoms with van der Waals surface area (Å²) in [6, 6.07) is 2.30. The van der Waals surface area contributed by atoms with E-state index >= 15 is 0 Å². The molecule has 0 aliphatic carbocycles. The lowest BCUT2D eigenvalue weighted by atomic mass is 10.1. The zero-order valence-electron chi connectivity index (χ0n) is 12.0. The highest BCUT2D eigenvalue weighted by Crippen LogP contribution is 2.34. The van der Waals surface area contributed by atoms with Crippen LogP contribution in [0.4, 0.5) is 4.39 Å². The second-order valence-electron chi connectivity index (χ2n) is 5.04. The topological polar surface area (TPSA) is 57.5 Å². The Labute approximate surface area is 130 Å². The van der Waals surface area contributed by atoms with Crippen LogP contribution >= 0.6 is 11.6 Å². The number of ether oxygens (including phenoxy) is 2. The predicted octanol–water partition coefficient (Wildman–Crippen LogP) is 2.92. The van der Waals surface area contributed by atoms with Gasteiger partial charge in [0, 0.05) is 5.39 Å². The number of benzene rings is 1. The summed E-state index contributed by atoms with van der Waals surface area (Å²) in [7, 11) is 0. The second kappa shape index (κ2) is 5.28. The van der Waals surface area contributed by atoms with Crippen LogP contribution in [0.25, 0.3) is 10.9 Å². The number of fused-ring (bicyclic) bond motifs is 3. The molecule has 3 rings (SSSR count). The predicted molar refractivity (Wildman–Crippen MR) is 79.3 cm³/mol. The highest BCUT2D eigenvalue weighted by molar-refractivity contribution is 6.31. The summed E-state index contributed by atoms with van der Waals surface area (Å²) in [4.78, 5) is 24.7. The third kappa shape index (κ3) is 2.06. The van der Waals surface area contributed by atoms with Gasteiger partial charge in [-0.25, -0.2) is 9.18 Å². The first-order valence-corrected chi connectivity index (χ1v) is 7.20. The molecule has 1 aliphatic rings. The minimum Gasteiger partial charge on any atom is -0.476 e. The van der Waals surface area contributed by atoms with E-state index in [0.29, 0.717) is 12.1 Å². The number of aromatic nitrogens is 1. The number of carbonyl (C=O) groups is 1. The van der Waals surface area contributed by atoms with Crippen LogP contribution in [0.15, 0.2) is 16.9 Å². The zero-order valence-corrected chi connectivity index (χ0v) is 12.7. The lowest BCUT2D eigenvalue weighted by Crippen LogP contribution is -2.21. The van der Waals surface area contributed by atoms with Gasteiger partial charge in [0.05, 0.1) is 23.2 Å². The lowest BCUT2D eigenvalue weighted by molar-refractivity contribution is 0.0520. The van der Waals surface area contributed by atoms with Crippen molar-refractivity contribution in [2.45, 2.75) is 19.9 Å². The van der Waals surface area contributed by atoms with Crippen molar-refractivity contribution < 1.29 is 18.7 Å². The molecule has 1 unspecified atom stereocenters. The number of hydrogen-bond donors (Lipinski definition) is 0. The molecule has 0 saturated carbocycles. The van der Waals surface area contributed by atoms with Gasteiger partial charge in [-0.3, -0.25) is 4.79 Å². The van der Waals surface area contributed by atoms with E-state index < -0.39 is 17.2 Å². The molecule has 1 aromatic heterocycles. The minimum absolute atomic E-state index is 0.0750. The van der Waals surface area contributed by atoms with Crippen molar-refractivity contribution in [3.8, 4) is 5.88 Å². The average Bonchev–Trinajstić information content (AvgIpc) is 2.83. The van der Waals surface area contributed by atoms with E-state index in [4.69, 9.17) is 21.1 Å². The zero-order chi connectivity index (χ0) is 16.0. The van der Waals surface area contributed by atoms with Gasteiger partial charge in [0.25, 0.3) is 0 Å². The molecule has 1 atom stereocenters. The summed E-state index contributed by atoms with van der Waals surface area (Å²) in [6.07, 6.45) is 0. The van der Waals surface area contributed by atoms with E-state index in [-0.39, 0.29) is 34.5 Å². The van der Waals surface area contributed by atoms with E-state index in [1.807, 2.05) is 6.92 Å². The SMILES string of the molecule is CCOC(=O)c1c2n(c3cc(Cl)c(F)cc3c1=O)C(C)CO2. The molecular weight excluding hydrogens is 313 g/mol. The van der Waals surface area contributed by atoms with Crippen LogP contribution in [-0.2, 0) is 4.74 Å². The Morgan fingerprint density at radius 2 is 2.27 bits per heavy atom. The van der Waals surface area contributed by atoms with Crippen molar-refractivity contribution in [2.75, 3.05) is 13.2 Å². The highest BCUT2D eigenvalue weighted by atomic mass is 35.5. The standard InChI is InChI=1S/C15H13ClFNO4/c1-3-21-15(20)12-13(19)8-4-10(17)9(16)5-11(8)18-7(2)6-22-14(12)18/h4-5,7H,3,6H2,1-2H3. The van der Waals surface area contributed by atoms with Crippen molar-refractivity contribution in [3.05, 3.63) is 38.8 Å². The Morgan fingerprint density at radius 1 is 1.55 bits per heavy atom. The normalized spacial score (nSPS) is 16.5. The Bertz CT molecular complexity index is 846. The van der Waals surface area contributed by atoms with Crippen molar-refractivity contribution >= 4 is 28.5 Å². The molecule has 22 heavy (non-hydrogen) atoms. The van der Waals surface area contributed by atoms with E-state index in [1.54, 1.807) is 11.5 Å². The fourth-order valence-corrected chi connectivity index (χ4v) is 2.77. The van der Waals surface area contributed by atoms with Gasteiger partial charge < -0.3 is 14.0 Å². The Kier molecular flexibility index (Phi) is 3.56. The van der Waals surface area contributed by atoms with Gasteiger partial charge in [0.15, 0.2) is 5.56 Å². The number of carbonyl (C=O) groups excluding carboxylic acids is 1. The smallest absolute Gasteiger partial charge is 0.347 e. The van der Waals surface area contributed by atoms with Crippen LogP contribution in [0.2, 0.25) is 5.02 Å². The molecule has 7 heteroatoms. The van der Waals surface area contributed by atoms with Gasteiger partial charge in [-0.2, -0.15) is 0 Å². The average molecular weight is 326 g/mol. The molecule has 0 N–H and O–H groups in total. The molecule has 0 fully saturated rings. The van der Waals surface area contributed by atoms with Gasteiger partial charge in [0.2, 0.25) is 11.3 Å². The fraction of sp³-hybridized carbons (Fsp3) is 0.333. The maximum Gasteiger partial charge on any atom is 0.347 e. The maximum atomic E-state index is 13.7. The Hall–Kier alpha value is -2.08. The van der Waals surface area contributed by atoms with Crippen molar-refractivity contribution in [1.82, 2.24) is 4.57 Å². The summed E-state index contributed by atoms with van der Waals surface area (Å²) < 4.78 is 25.8. The highest BCUT2D eigenvalue weighted by Gasteiger charge is 2.31. The van der Waals surface area contributed by atoms with Crippen LogP contribution in [0.3, 0.4) is 0 Å². The van der Waals surface area contributed by atoms with Crippen LogP contribution in [-0.4, -0.2) is 23.8 Å². The summed E-state index contributed by atoms with van der Waals surface area (Å²) in [6.45, 7) is 3.94. The van der Waals surface area contributed by atoms with E-state index in [1.165, 1.54) is 6.07 Å². The summed E-state index contributed by atoms with van der Waals surface area (Å²) in [5.74, 6) is -1.35. The van der Waals surface area contributed by atoms with Gasteiger partial charge >= 0.3 is 5.97 Å². The Morgan fingerprint density at radius 3 is 2.95 bits per heavy atom. The number of hydrogen-bond acceptors (Lipinski definition) is 4. The molecule has 0 amide bonds. The molecule has 0 spiro atoms. The molecule has 0 bridgehead atoms. The minimum atomic E-state index is -0.775. The number of pyridine rings is 1. The molecule has 1 aromatic carbocycles. The summed E-state index contributed by atoms with van der Waals surface area (Å²) in [5.41, 5.74) is -0.394. The monoisotopic (exact) mass is 325 g/mol.